The molecule has 1 saturated heterocycles. The highest BCUT2D eigenvalue weighted by Gasteiger charge is 2.31. The minimum absolute atomic E-state index is 0.110. The average molecular weight is 457 g/mol. The first-order valence-electron chi connectivity index (χ1n) is 9.62. The molecule has 30 heavy (non-hydrogen) atoms. The van der Waals surface area contributed by atoms with E-state index in [2.05, 4.69) is 15.2 Å². The monoisotopic (exact) mass is 456 g/mol. The maximum Gasteiger partial charge on any atom is 0.408 e. The van der Waals surface area contributed by atoms with Crippen molar-refractivity contribution in [3.63, 3.8) is 0 Å². The van der Waals surface area contributed by atoms with Crippen LogP contribution in [0.5, 0.6) is 5.75 Å². The van der Waals surface area contributed by atoms with E-state index in [1.807, 2.05) is 7.05 Å². The number of likely N-dealkylation sites (N-methyl/N-ethyl adjacent to an activating group) is 1. The summed E-state index contributed by atoms with van der Waals surface area (Å²) in [5.41, 5.74) is -0.0353. The van der Waals surface area contributed by atoms with E-state index in [1.54, 1.807) is 32.9 Å². The number of thiazole rings is 1. The van der Waals surface area contributed by atoms with Gasteiger partial charge >= 0.3 is 6.09 Å². The molecule has 1 aromatic carbocycles. The van der Waals surface area contributed by atoms with Crippen LogP contribution in [0.25, 0.3) is 10.2 Å². The Labute approximate surface area is 181 Å². The number of ether oxygens (including phenoxy) is 2. The van der Waals surface area contributed by atoms with Crippen molar-refractivity contribution < 1.29 is 22.7 Å². The largest absolute Gasteiger partial charge is 0.495 e. The summed E-state index contributed by atoms with van der Waals surface area (Å²) in [5, 5.41) is 3.32. The van der Waals surface area contributed by atoms with Crippen LogP contribution >= 0.6 is 11.3 Å². The van der Waals surface area contributed by atoms with Crippen LogP contribution in [0.2, 0.25) is 0 Å². The summed E-state index contributed by atoms with van der Waals surface area (Å²) >= 11 is 1.37. The van der Waals surface area contributed by atoms with Gasteiger partial charge in [0.25, 0.3) is 0 Å². The zero-order valence-corrected chi connectivity index (χ0v) is 19.5. The number of nitrogens with one attached hydrogen (secondary N) is 1. The minimum atomic E-state index is -3.70. The third-order valence-electron chi connectivity index (χ3n) is 4.58. The molecule has 9 nitrogen and oxygen atoms in total. The number of carbonyl (C=O) groups excluding carboxylic acids is 1. The molecule has 2 heterocycles. The quantitative estimate of drug-likeness (QED) is 0.736. The van der Waals surface area contributed by atoms with Gasteiger partial charge in [-0.1, -0.05) is 0 Å². The number of benzene rings is 1. The van der Waals surface area contributed by atoms with Gasteiger partial charge in [0.1, 0.15) is 21.3 Å². The molecule has 1 fully saturated rings. The summed E-state index contributed by atoms with van der Waals surface area (Å²) < 4.78 is 39.3. The average Bonchev–Trinajstić information content (AvgIpc) is 3.06. The van der Waals surface area contributed by atoms with E-state index < -0.39 is 21.7 Å². The van der Waals surface area contributed by atoms with Gasteiger partial charge in [-0.3, -0.25) is 0 Å². The minimum Gasteiger partial charge on any atom is -0.495 e. The van der Waals surface area contributed by atoms with Crippen LogP contribution in [0.3, 0.4) is 0 Å². The normalized spacial score (nSPS) is 16.6. The van der Waals surface area contributed by atoms with Crippen molar-refractivity contribution in [3.8, 4) is 5.75 Å². The van der Waals surface area contributed by atoms with Crippen molar-refractivity contribution in [1.82, 2.24) is 19.5 Å². The van der Waals surface area contributed by atoms with Crippen molar-refractivity contribution in [2.24, 2.45) is 0 Å². The third kappa shape index (κ3) is 5.20. The highest BCUT2D eigenvalue weighted by molar-refractivity contribution is 7.89. The molecule has 11 heteroatoms. The van der Waals surface area contributed by atoms with Crippen LogP contribution in [0.15, 0.2) is 17.0 Å². The van der Waals surface area contributed by atoms with E-state index >= 15 is 0 Å². The summed E-state index contributed by atoms with van der Waals surface area (Å²) in [6.45, 7) is 7.79. The summed E-state index contributed by atoms with van der Waals surface area (Å²) in [4.78, 5) is 18.6. The molecular formula is C19H28N4O5S2. The topological polar surface area (TPSA) is 101 Å². The zero-order valence-electron chi connectivity index (χ0n) is 17.9. The van der Waals surface area contributed by atoms with E-state index in [4.69, 9.17) is 9.47 Å². The second-order valence-electron chi connectivity index (χ2n) is 8.14. The van der Waals surface area contributed by atoms with Crippen LogP contribution in [0.4, 0.5) is 4.79 Å². The van der Waals surface area contributed by atoms with Crippen molar-refractivity contribution in [2.45, 2.75) is 37.8 Å². The van der Waals surface area contributed by atoms with Gasteiger partial charge in [0, 0.05) is 32.2 Å². The van der Waals surface area contributed by atoms with Gasteiger partial charge < -0.3 is 19.7 Å². The number of fused-ring (bicyclic) bond motifs is 1. The van der Waals surface area contributed by atoms with Crippen LogP contribution in [-0.4, -0.2) is 74.6 Å². The number of hydrogen-bond acceptors (Lipinski definition) is 8. The van der Waals surface area contributed by atoms with Gasteiger partial charge in [0.15, 0.2) is 0 Å². The lowest BCUT2D eigenvalue weighted by atomic mass is 10.2. The van der Waals surface area contributed by atoms with E-state index in [0.717, 1.165) is 4.70 Å². The Kier molecular flexibility index (Phi) is 6.56. The molecule has 1 aliphatic heterocycles. The molecule has 0 atom stereocenters. The Morgan fingerprint density at radius 3 is 2.50 bits per heavy atom. The summed E-state index contributed by atoms with van der Waals surface area (Å²) in [5.74, 6) is 0.289. The fourth-order valence-corrected chi connectivity index (χ4v) is 5.55. The van der Waals surface area contributed by atoms with E-state index in [9.17, 15) is 13.2 Å². The molecule has 0 unspecified atom stereocenters. The molecule has 0 aliphatic carbocycles. The van der Waals surface area contributed by atoms with Gasteiger partial charge in [0.2, 0.25) is 10.0 Å². The second-order valence-corrected chi connectivity index (χ2v) is 11.2. The van der Waals surface area contributed by atoms with Gasteiger partial charge in [0.05, 0.1) is 23.9 Å². The first kappa shape index (κ1) is 22.7. The van der Waals surface area contributed by atoms with Gasteiger partial charge in [-0.2, -0.15) is 4.31 Å². The Morgan fingerprint density at radius 1 is 1.23 bits per heavy atom. The van der Waals surface area contributed by atoms with Crippen molar-refractivity contribution >= 4 is 37.7 Å². The maximum absolute atomic E-state index is 13.2. The van der Waals surface area contributed by atoms with Crippen LogP contribution in [-0.2, 0) is 21.3 Å². The lowest BCUT2D eigenvalue weighted by Crippen LogP contribution is -2.47. The highest BCUT2D eigenvalue weighted by atomic mass is 32.2. The molecule has 1 aliphatic rings. The number of piperazine rings is 1. The molecule has 1 amide bonds. The first-order valence-corrected chi connectivity index (χ1v) is 11.9. The van der Waals surface area contributed by atoms with Crippen molar-refractivity contribution in [2.75, 3.05) is 40.3 Å². The predicted molar refractivity (Wildman–Crippen MR) is 116 cm³/mol. The van der Waals surface area contributed by atoms with Crippen LogP contribution < -0.4 is 10.1 Å². The predicted octanol–water partition coefficient (Wildman–Crippen LogP) is 2.27. The van der Waals surface area contributed by atoms with Gasteiger partial charge in [-0.15, -0.1) is 11.3 Å². The molecule has 166 valence electrons. The molecule has 3 rings (SSSR count). The fraction of sp³-hybridized carbons (Fsp3) is 0.579. The number of nitrogens with zero attached hydrogens (tertiary/aromatic N) is 3. The Hall–Kier alpha value is -1.95. The molecule has 1 aromatic heterocycles. The van der Waals surface area contributed by atoms with Crippen LogP contribution in [0.1, 0.15) is 25.8 Å². The summed E-state index contributed by atoms with van der Waals surface area (Å²) in [6.07, 6.45) is -0.530. The number of hydrogen-bond donors (Lipinski definition) is 1. The molecule has 0 bridgehead atoms. The maximum atomic E-state index is 13.2. The SMILES string of the molecule is COc1cc2sc(CNC(=O)OC(C)(C)C)nc2cc1S(=O)(=O)N1CCN(C)CC1. The van der Waals surface area contributed by atoms with Gasteiger partial charge in [-0.05, 0) is 33.9 Å². The fourth-order valence-electron chi connectivity index (χ4n) is 3.05. The highest BCUT2D eigenvalue weighted by Crippen LogP contribution is 2.34. The van der Waals surface area contributed by atoms with E-state index in [-0.39, 0.29) is 17.2 Å². The van der Waals surface area contributed by atoms with E-state index in [0.29, 0.717) is 36.7 Å². The molecule has 2 aromatic rings. The summed E-state index contributed by atoms with van der Waals surface area (Å²) in [7, 11) is -0.274. The third-order valence-corrected chi connectivity index (χ3v) is 7.52. The first-order chi connectivity index (χ1) is 14.0. The van der Waals surface area contributed by atoms with Crippen molar-refractivity contribution in [3.05, 3.63) is 17.1 Å². The molecule has 0 spiro atoms. The lowest BCUT2D eigenvalue weighted by Gasteiger charge is -2.31. The molecule has 1 N–H and O–H groups in total. The Morgan fingerprint density at radius 2 is 1.90 bits per heavy atom. The number of methoxy groups -OCH3 is 1. The zero-order chi connectivity index (χ0) is 22.1. The van der Waals surface area contributed by atoms with Gasteiger partial charge in [-0.25, -0.2) is 18.2 Å². The Balaban J connectivity index is 1.84. The standard InChI is InChI=1S/C19H28N4O5S2/c1-19(2,3)28-18(24)20-12-17-21-13-10-16(14(27-5)11-15(13)29-17)30(25,26)23-8-6-22(4)7-9-23/h10-11H,6-9,12H2,1-5H3,(H,20,24). The number of sulfonamides is 1. The number of amides is 1. The van der Waals surface area contributed by atoms with Crippen LogP contribution in [0, 0.1) is 0 Å². The number of rotatable bonds is 5. The number of alkyl carbamates (subject to hydrolysis) is 1. The molecule has 0 radical (unpaired) electrons. The van der Waals surface area contributed by atoms with Crippen molar-refractivity contribution in [1.29, 1.82) is 0 Å². The molecule has 0 saturated carbocycles. The summed E-state index contributed by atoms with van der Waals surface area (Å²) in [6, 6.07) is 3.24. The smallest absolute Gasteiger partial charge is 0.408 e. The van der Waals surface area contributed by atoms with E-state index in [1.165, 1.54) is 22.8 Å². The lowest BCUT2D eigenvalue weighted by molar-refractivity contribution is 0.0523. The number of aromatic nitrogens is 1. The molecular weight excluding hydrogens is 428 g/mol. The Bertz CT molecular complexity index is 1020. The number of carbonyl (C=O) groups is 1. The second kappa shape index (κ2) is 8.66.